The van der Waals surface area contributed by atoms with Crippen molar-refractivity contribution in [3.8, 4) is 5.75 Å². The third-order valence-electron chi connectivity index (χ3n) is 3.48. The van der Waals surface area contributed by atoms with Crippen molar-refractivity contribution in [2.24, 2.45) is 5.73 Å². The fourth-order valence-electron chi connectivity index (χ4n) is 2.52. The second kappa shape index (κ2) is 4.67. The van der Waals surface area contributed by atoms with E-state index in [9.17, 15) is 5.11 Å². The van der Waals surface area contributed by atoms with E-state index in [-0.39, 0.29) is 17.6 Å². The van der Waals surface area contributed by atoms with Crippen LogP contribution in [-0.2, 0) is 5.41 Å². The first kappa shape index (κ1) is 12.4. The van der Waals surface area contributed by atoms with E-state index in [2.05, 4.69) is 12.1 Å². The molecule has 0 radical (unpaired) electrons. The second-order valence-electron chi connectivity index (χ2n) is 5.24. The monoisotopic (exact) mass is 235 g/mol. The van der Waals surface area contributed by atoms with Gasteiger partial charge in [0, 0.05) is 12.0 Å². The smallest absolute Gasteiger partial charge is 0.119 e. The third-order valence-corrected chi connectivity index (χ3v) is 3.48. The van der Waals surface area contributed by atoms with Crippen LogP contribution in [0.25, 0.3) is 0 Å². The van der Waals surface area contributed by atoms with Crippen LogP contribution in [-0.4, -0.2) is 23.9 Å². The molecule has 1 saturated carbocycles. The average molecular weight is 235 g/mol. The lowest BCUT2D eigenvalue weighted by Gasteiger charge is -2.45. The zero-order chi connectivity index (χ0) is 12.5. The Morgan fingerprint density at radius 3 is 2.35 bits per heavy atom. The van der Waals surface area contributed by atoms with Crippen LogP contribution in [0.5, 0.6) is 5.75 Å². The van der Waals surface area contributed by atoms with Crippen molar-refractivity contribution < 1.29 is 9.84 Å². The molecule has 17 heavy (non-hydrogen) atoms. The Hall–Kier alpha value is -1.06. The quantitative estimate of drug-likeness (QED) is 0.837. The van der Waals surface area contributed by atoms with Crippen molar-refractivity contribution in [2.75, 3.05) is 6.54 Å². The van der Waals surface area contributed by atoms with Crippen LogP contribution in [0.15, 0.2) is 24.3 Å². The van der Waals surface area contributed by atoms with Crippen molar-refractivity contribution in [2.45, 2.75) is 44.3 Å². The minimum Gasteiger partial charge on any atom is -0.491 e. The first-order valence-electron chi connectivity index (χ1n) is 6.21. The zero-order valence-corrected chi connectivity index (χ0v) is 10.5. The summed E-state index contributed by atoms with van der Waals surface area (Å²) in [6, 6.07) is 8.10. The molecule has 0 saturated heterocycles. The molecule has 0 unspecified atom stereocenters. The largest absolute Gasteiger partial charge is 0.491 e. The highest BCUT2D eigenvalue weighted by molar-refractivity contribution is 5.35. The number of nitrogens with two attached hydrogens (primary N) is 1. The highest BCUT2D eigenvalue weighted by atomic mass is 16.5. The van der Waals surface area contributed by atoms with E-state index in [4.69, 9.17) is 10.5 Å². The molecular formula is C14H21NO2. The van der Waals surface area contributed by atoms with Crippen LogP contribution in [0, 0.1) is 0 Å². The van der Waals surface area contributed by atoms with Crippen molar-refractivity contribution in [1.29, 1.82) is 0 Å². The lowest BCUT2D eigenvalue weighted by Crippen LogP contribution is -2.49. The Labute approximate surface area is 103 Å². The molecule has 1 fully saturated rings. The van der Waals surface area contributed by atoms with E-state index < -0.39 is 0 Å². The molecule has 94 valence electrons. The molecule has 3 heteroatoms. The molecule has 0 bridgehead atoms. The van der Waals surface area contributed by atoms with Gasteiger partial charge in [0.1, 0.15) is 5.75 Å². The van der Waals surface area contributed by atoms with E-state index >= 15 is 0 Å². The first-order chi connectivity index (χ1) is 8.05. The molecule has 1 aliphatic rings. The number of hydrogen-bond acceptors (Lipinski definition) is 3. The van der Waals surface area contributed by atoms with Gasteiger partial charge in [-0.15, -0.1) is 0 Å². The van der Waals surface area contributed by atoms with Gasteiger partial charge in [0.25, 0.3) is 0 Å². The van der Waals surface area contributed by atoms with E-state index in [1.807, 2.05) is 26.0 Å². The van der Waals surface area contributed by atoms with Gasteiger partial charge in [-0.3, -0.25) is 0 Å². The number of hydrogen-bond donors (Lipinski definition) is 2. The van der Waals surface area contributed by atoms with Gasteiger partial charge in [0.2, 0.25) is 0 Å². The summed E-state index contributed by atoms with van der Waals surface area (Å²) < 4.78 is 5.61. The van der Waals surface area contributed by atoms with Crippen molar-refractivity contribution >= 4 is 0 Å². The molecule has 2 rings (SSSR count). The van der Waals surface area contributed by atoms with Gasteiger partial charge in [-0.05, 0) is 44.4 Å². The summed E-state index contributed by atoms with van der Waals surface area (Å²) >= 11 is 0. The van der Waals surface area contributed by atoms with Crippen molar-refractivity contribution in [3.63, 3.8) is 0 Å². The molecule has 3 N–H and O–H groups in total. The maximum atomic E-state index is 9.47. The maximum absolute atomic E-state index is 9.47. The van der Waals surface area contributed by atoms with Gasteiger partial charge in [0.05, 0.1) is 12.2 Å². The van der Waals surface area contributed by atoms with Crippen LogP contribution in [0.2, 0.25) is 0 Å². The fourth-order valence-corrected chi connectivity index (χ4v) is 2.52. The number of rotatable bonds is 4. The maximum Gasteiger partial charge on any atom is 0.119 e. The molecule has 1 aromatic carbocycles. The van der Waals surface area contributed by atoms with Crippen LogP contribution in [0.1, 0.15) is 32.3 Å². The van der Waals surface area contributed by atoms with Gasteiger partial charge < -0.3 is 15.6 Å². The standard InChI is InChI=1S/C14H21NO2/c1-10(2)17-13-5-3-11(4-6-13)14(9-15)7-12(16)8-14/h3-6,10,12,16H,7-9,15H2,1-2H3. The van der Waals surface area contributed by atoms with E-state index in [1.165, 1.54) is 5.56 Å². The first-order valence-corrected chi connectivity index (χ1v) is 6.21. The van der Waals surface area contributed by atoms with Crippen LogP contribution in [0.3, 0.4) is 0 Å². The molecule has 0 amide bonds. The molecule has 3 nitrogen and oxygen atoms in total. The molecule has 1 aromatic rings. The number of aliphatic hydroxyl groups excluding tert-OH is 1. The van der Waals surface area contributed by atoms with Gasteiger partial charge in [0.15, 0.2) is 0 Å². The molecular weight excluding hydrogens is 214 g/mol. The average Bonchev–Trinajstić information content (AvgIpc) is 2.25. The van der Waals surface area contributed by atoms with Gasteiger partial charge in [-0.2, -0.15) is 0 Å². The summed E-state index contributed by atoms with van der Waals surface area (Å²) in [7, 11) is 0. The normalized spacial score (nSPS) is 27.9. The van der Waals surface area contributed by atoms with Gasteiger partial charge >= 0.3 is 0 Å². The predicted octanol–water partition coefficient (Wildman–Crippen LogP) is 1.83. The summed E-state index contributed by atoms with van der Waals surface area (Å²) in [5.41, 5.74) is 7.03. The summed E-state index contributed by atoms with van der Waals surface area (Å²) in [5.74, 6) is 0.885. The van der Waals surface area contributed by atoms with Crippen molar-refractivity contribution in [1.82, 2.24) is 0 Å². The Balaban J connectivity index is 2.12. The van der Waals surface area contributed by atoms with Gasteiger partial charge in [-0.1, -0.05) is 12.1 Å². The summed E-state index contributed by atoms with van der Waals surface area (Å²) in [6.07, 6.45) is 1.54. The predicted molar refractivity (Wildman–Crippen MR) is 68.2 cm³/mol. The Bertz CT molecular complexity index is 366. The minimum absolute atomic E-state index is 0.0181. The molecule has 0 aromatic heterocycles. The van der Waals surface area contributed by atoms with Crippen LogP contribution in [0.4, 0.5) is 0 Å². The fraction of sp³-hybridized carbons (Fsp3) is 0.571. The van der Waals surface area contributed by atoms with Crippen LogP contribution >= 0.6 is 0 Å². The molecule has 0 heterocycles. The summed E-state index contributed by atoms with van der Waals surface area (Å²) in [5, 5.41) is 9.47. The molecule has 0 aliphatic heterocycles. The molecule has 0 atom stereocenters. The van der Waals surface area contributed by atoms with E-state index in [0.717, 1.165) is 18.6 Å². The third kappa shape index (κ3) is 2.45. The van der Waals surface area contributed by atoms with Crippen molar-refractivity contribution in [3.05, 3.63) is 29.8 Å². The molecule has 0 spiro atoms. The SMILES string of the molecule is CC(C)Oc1ccc(C2(CN)CC(O)C2)cc1. The van der Waals surface area contributed by atoms with Gasteiger partial charge in [-0.25, -0.2) is 0 Å². The Kier molecular flexibility index (Phi) is 3.40. The number of aliphatic hydroxyl groups is 1. The highest BCUT2D eigenvalue weighted by Gasteiger charge is 2.43. The number of ether oxygens (including phenoxy) is 1. The lowest BCUT2D eigenvalue weighted by molar-refractivity contribution is 0.0221. The van der Waals surface area contributed by atoms with E-state index in [0.29, 0.717) is 6.54 Å². The van der Waals surface area contributed by atoms with E-state index in [1.54, 1.807) is 0 Å². The second-order valence-corrected chi connectivity index (χ2v) is 5.24. The Morgan fingerprint density at radius 1 is 1.35 bits per heavy atom. The summed E-state index contributed by atoms with van der Waals surface area (Å²) in [6.45, 7) is 4.61. The zero-order valence-electron chi connectivity index (χ0n) is 10.5. The molecule has 1 aliphatic carbocycles. The Morgan fingerprint density at radius 2 is 1.94 bits per heavy atom. The minimum atomic E-state index is -0.190. The van der Waals surface area contributed by atoms with Crippen LogP contribution < -0.4 is 10.5 Å². The number of benzene rings is 1. The topological polar surface area (TPSA) is 55.5 Å². The summed E-state index contributed by atoms with van der Waals surface area (Å²) in [4.78, 5) is 0. The lowest BCUT2D eigenvalue weighted by atomic mass is 9.63. The highest BCUT2D eigenvalue weighted by Crippen LogP contribution is 2.43.